The average Bonchev–Trinajstić information content (AvgIpc) is 3.14. The first-order chi connectivity index (χ1) is 13.2. The Kier molecular flexibility index (Phi) is 4.87. The number of piperazine rings is 1. The maximum absolute atomic E-state index is 12.6. The number of carbonyl (C=O) groups excluding carboxylic acids is 1. The van der Waals surface area contributed by atoms with Gasteiger partial charge in [0.05, 0.1) is 6.61 Å². The van der Waals surface area contributed by atoms with Gasteiger partial charge in [-0.3, -0.25) is 9.69 Å². The molecule has 1 aromatic rings. The van der Waals surface area contributed by atoms with E-state index >= 15 is 0 Å². The lowest BCUT2D eigenvalue weighted by atomic mass is 9.54. The fraction of sp³-hybridized carbons (Fsp3) is 0.682. The molecule has 0 atom stereocenters. The molecule has 1 saturated heterocycles. The predicted molar refractivity (Wildman–Crippen MR) is 108 cm³/mol. The zero-order chi connectivity index (χ0) is 18.4. The van der Waals surface area contributed by atoms with Crippen LogP contribution in [0.5, 0.6) is 0 Å². The zero-order valence-electron chi connectivity index (χ0n) is 15.9. The van der Waals surface area contributed by atoms with Gasteiger partial charge in [-0.05, 0) is 78.9 Å². The van der Waals surface area contributed by atoms with E-state index in [2.05, 4.69) is 4.90 Å². The van der Waals surface area contributed by atoms with Gasteiger partial charge in [0.25, 0.3) is 0 Å². The summed E-state index contributed by atoms with van der Waals surface area (Å²) in [6.07, 6.45) is 11.0. The normalized spacial score (nSPS) is 36.0. The molecule has 4 nitrogen and oxygen atoms in total. The van der Waals surface area contributed by atoms with Gasteiger partial charge < -0.3 is 10.0 Å². The maximum Gasteiger partial charge on any atom is 0.246 e. The van der Waals surface area contributed by atoms with Crippen LogP contribution in [0.25, 0.3) is 6.08 Å². The predicted octanol–water partition coefficient (Wildman–Crippen LogP) is 3.22. The molecule has 1 aliphatic heterocycles. The van der Waals surface area contributed by atoms with E-state index in [0.717, 1.165) is 66.3 Å². The highest BCUT2D eigenvalue weighted by atomic mass is 32.1. The van der Waals surface area contributed by atoms with Crippen LogP contribution in [0, 0.1) is 23.7 Å². The summed E-state index contributed by atoms with van der Waals surface area (Å²) >= 11 is 1.57. The molecule has 27 heavy (non-hydrogen) atoms. The van der Waals surface area contributed by atoms with Crippen LogP contribution in [0.15, 0.2) is 17.5 Å². The van der Waals surface area contributed by atoms with E-state index in [1.807, 2.05) is 22.4 Å². The Hall–Kier alpha value is -1.17. The Bertz CT molecular complexity index is 692. The first-order valence-corrected chi connectivity index (χ1v) is 11.5. The second-order valence-electron chi connectivity index (χ2n) is 9.13. The van der Waals surface area contributed by atoms with Gasteiger partial charge in [0.15, 0.2) is 0 Å². The fourth-order valence-corrected chi connectivity index (χ4v) is 7.35. The van der Waals surface area contributed by atoms with Crippen molar-refractivity contribution in [2.24, 2.45) is 23.7 Å². The SMILES string of the molecule is O=C(/C=C/c1cc(CO)cs1)N1CCN(C2C3CC4CC(C3)CC2C4)CC1. The van der Waals surface area contributed by atoms with Crippen molar-refractivity contribution in [1.29, 1.82) is 0 Å². The summed E-state index contributed by atoms with van der Waals surface area (Å²) in [4.78, 5) is 18.3. The van der Waals surface area contributed by atoms with Crippen LogP contribution in [0.3, 0.4) is 0 Å². The van der Waals surface area contributed by atoms with Crippen molar-refractivity contribution in [1.82, 2.24) is 9.80 Å². The van der Waals surface area contributed by atoms with Crippen LogP contribution in [-0.4, -0.2) is 53.0 Å². The Labute approximate surface area is 165 Å². The summed E-state index contributed by atoms with van der Waals surface area (Å²) in [5.41, 5.74) is 0.913. The summed E-state index contributed by atoms with van der Waals surface area (Å²) in [7, 11) is 0. The summed E-state index contributed by atoms with van der Waals surface area (Å²) in [5.74, 6) is 4.05. The minimum atomic E-state index is 0.0604. The molecule has 6 rings (SSSR count). The standard InChI is InChI=1S/C22H30N2O2S/c25-13-17-12-20(27-14-17)1-2-21(26)23-3-5-24(6-4-23)22-18-8-15-7-16(10-18)11-19(22)9-15/h1-2,12,14-16,18-19,22,25H,3-11,13H2/b2-1+. The highest BCUT2D eigenvalue weighted by Gasteiger charge is 2.50. The van der Waals surface area contributed by atoms with Crippen molar-refractivity contribution in [3.05, 3.63) is 28.0 Å². The van der Waals surface area contributed by atoms with Crippen molar-refractivity contribution in [3.63, 3.8) is 0 Å². The number of nitrogens with zero attached hydrogens (tertiary/aromatic N) is 2. The molecule has 0 aromatic carbocycles. The Balaban J connectivity index is 1.16. The number of hydrogen-bond donors (Lipinski definition) is 1. The van der Waals surface area contributed by atoms with Crippen molar-refractivity contribution in [2.45, 2.75) is 44.8 Å². The molecule has 1 N–H and O–H groups in total. The molecular formula is C22H30N2O2S. The van der Waals surface area contributed by atoms with Gasteiger partial charge in [0.1, 0.15) is 0 Å². The molecule has 4 saturated carbocycles. The van der Waals surface area contributed by atoms with E-state index in [4.69, 9.17) is 5.11 Å². The van der Waals surface area contributed by atoms with Crippen LogP contribution in [0.1, 0.15) is 42.5 Å². The summed E-state index contributed by atoms with van der Waals surface area (Å²) in [5, 5.41) is 11.1. The second kappa shape index (κ2) is 7.34. The fourth-order valence-electron chi connectivity index (χ4n) is 6.56. The van der Waals surface area contributed by atoms with Crippen molar-refractivity contribution < 1.29 is 9.90 Å². The van der Waals surface area contributed by atoms with Gasteiger partial charge in [-0.15, -0.1) is 11.3 Å². The molecule has 4 aliphatic carbocycles. The van der Waals surface area contributed by atoms with Crippen LogP contribution < -0.4 is 0 Å². The van der Waals surface area contributed by atoms with Crippen molar-refractivity contribution in [2.75, 3.05) is 26.2 Å². The molecule has 0 radical (unpaired) electrons. The largest absolute Gasteiger partial charge is 0.392 e. The van der Waals surface area contributed by atoms with Crippen LogP contribution >= 0.6 is 11.3 Å². The number of aliphatic hydroxyl groups excluding tert-OH is 1. The molecular weight excluding hydrogens is 356 g/mol. The summed E-state index contributed by atoms with van der Waals surface area (Å²) in [6, 6.07) is 2.74. The van der Waals surface area contributed by atoms with Crippen LogP contribution in [-0.2, 0) is 11.4 Å². The highest BCUT2D eigenvalue weighted by molar-refractivity contribution is 7.11. The first kappa shape index (κ1) is 17.9. The Morgan fingerprint density at radius 3 is 2.33 bits per heavy atom. The number of hydrogen-bond acceptors (Lipinski definition) is 4. The van der Waals surface area contributed by atoms with Crippen molar-refractivity contribution >= 4 is 23.3 Å². The van der Waals surface area contributed by atoms with Gasteiger partial charge in [0, 0.05) is 43.2 Å². The molecule has 1 aromatic heterocycles. The van der Waals surface area contributed by atoms with Crippen LogP contribution in [0.2, 0.25) is 0 Å². The van der Waals surface area contributed by atoms with E-state index in [-0.39, 0.29) is 12.5 Å². The van der Waals surface area contributed by atoms with E-state index in [1.165, 1.54) is 32.1 Å². The van der Waals surface area contributed by atoms with E-state index in [1.54, 1.807) is 17.4 Å². The third-order valence-corrected chi connectivity index (χ3v) is 8.42. The number of carbonyl (C=O) groups is 1. The molecule has 4 bridgehead atoms. The molecule has 5 fully saturated rings. The molecule has 146 valence electrons. The summed E-state index contributed by atoms with van der Waals surface area (Å²) < 4.78 is 0. The monoisotopic (exact) mass is 386 g/mol. The van der Waals surface area contributed by atoms with Gasteiger partial charge in [-0.2, -0.15) is 0 Å². The third-order valence-electron chi connectivity index (χ3n) is 7.47. The quantitative estimate of drug-likeness (QED) is 0.808. The number of aliphatic hydroxyl groups is 1. The first-order valence-electron chi connectivity index (χ1n) is 10.6. The summed E-state index contributed by atoms with van der Waals surface area (Å²) in [6.45, 7) is 3.86. The molecule has 1 amide bonds. The second-order valence-corrected chi connectivity index (χ2v) is 10.1. The molecule has 0 spiro atoms. The van der Waals surface area contributed by atoms with E-state index < -0.39 is 0 Å². The number of amides is 1. The van der Waals surface area contributed by atoms with E-state index in [0.29, 0.717) is 0 Å². The van der Waals surface area contributed by atoms with Gasteiger partial charge in [-0.1, -0.05) is 0 Å². The van der Waals surface area contributed by atoms with Crippen molar-refractivity contribution in [3.8, 4) is 0 Å². The molecule has 0 unspecified atom stereocenters. The molecule has 5 heteroatoms. The lowest BCUT2D eigenvalue weighted by Gasteiger charge is -2.58. The van der Waals surface area contributed by atoms with Gasteiger partial charge in [0.2, 0.25) is 5.91 Å². The lowest BCUT2D eigenvalue weighted by Crippen LogP contribution is -2.60. The minimum absolute atomic E-state index is 0.0604. The van der Waals surface area contributed by atoms with E-state index in [9.17, 15) is 4.79 Å². The average molecular weight is 387 g/mol. The number of thiophene rings is 1. The van der Waals surface area contributed by atoms with Gasteiger partial charge >= 0.3 is 0 Å². The Morgan fingerprint density at radius 2 is 1.74 bits per heavy atom. The minimum Gasteiger partial charge on any atom is -0.392 e. The lowest BCUT2D eigenvalue weighted by molar-refractivity contribution is -0.130. The third kappa shape index (κ3) is 3.50. The van der Waals surface area contributed by atoms with Crippen LogP contribution in [0.4, 0.5) is 0 Å². The maximum atomic E-state index is 12.6. The highest BCUT2D eigenvalue weighted by Crippen LogP contribution is 2.55. The Morgan fingerprint density at radius 1 is 1.07 bits per heavy atom. The topological polar surface area (TPSA) is 43.8 Å². The number of rotatable bonds is 4. The zero-order valence-corrected chi connectivity index (χ0v) is 16.7. The molecule has 2 heterocycles. The molecule has 5 aliphatic rings. The van der Waals surface area contributed by atoms with Gasteiger partial charge in [-0.25, -0.2) is 0 Å². The smallest absolute Gasteiger partial charge is 0.246 e.